The first kappa shape index (κ1) is 15.5. The molecule has 0 fully saturated rings. The van der Waals surface area contributed by atoms with Crippen LogP contribution in [-0.4, -0.2) is 45.9 Å². The maximum atomic E-state index is 11.4. The van der Waals surface area contributed by atoms with Crippen LogP contribution in [0.2, 0.25) is 0 Å². The minimum atomic E-state index is -0.220. The van der Waals surface area contributed by atoms with Crippen molar-refractivity contribution in [2.45, 2.75) is 19.4 Å². The highest BCUT2D eigenvalue weighted by molar-refractivity contribution is 8.15. The van der Waals surface area contributed by atoms with Crippen LogP contribution in [0.5, 0.6) is 0 Å². The number of aliphatic hydroxyl groups excluding tert-OH is 1. The quantitative estimate of drug-likeness (QED) is 0.794. The molecular weight excluding hydrogens is 318 g/mol. The second-order valence-electron chi connectivity index (χ2n) is 5.08. The molecule has 0 saturated carbocycles. The fraction of sp³-hybridized carbons (Fsp3) is 0.400. The van der Waals surface area contributed by atoms with Crippen molar-refractivity contribution in [2.24, 2.45) is 4.99 Å². The Morgan fingerprint density at radius 3 is 3.09 bits per heavy atom. The van der Waals surface area contributed by atoms with E-state index < -0.39 is 0 Å². The SMILES string of the molecule is CC(=O)C1CSC(c2nc3ccc(NCCCO)cc3s2)=N1. The summed E-state index contributed by atoms with van der Waals surface area (Å²) in [6.07, 6.45) is 0.728. The predicted molar refractivity (Wildman–Crippen MR) is 93.3 cm³/mol. The minimum Gasteiger partial charge on any atom is -0.396 e. The summed E-state index contributed by atoms with van der Waals surface area (Å²) in [6, 6.07) is 5.82. The molecule has 0 aliphatic carbocycles. The van der Waals surface area contributed by atoms with Gasteiger partial charge in [-0.1, -0.05) is 0 Å². The predicted octanol–water partition coefficient (Wildman–Crippen LogP) is 2.54. The summed E-state index contributed by atoms with van der Waals surface area (Å²) in [7, 11) is 0. The third-order valence-electron chi connectivity index (χ3n) is 3.36. The van der Waals surface area contributed by atoms with Crippen LogP contribution in [0.3, 0.4) is 0 Å². The van der Waals surface area contributed by atoms with E-state index >= 15 is 0 Å². The van der Waals surface area contributed by atoms with Crippen LogP contribution in [0.1, 0.15) is 18.4 Å². The molecule has 1 aliphatic heterocycles. The number of thioether (sulfide) groups is 1. The summed E-state index contributed by atoms with van der Waals surface area (Å²) >= 11 is 3.20. The van der Waals surface area contributed by atoms with E-state index in [1.807, 2.05) is 12.1 Å². The first-order valence-electron chi connectivity index (χ1n) is 7.14. The molecule has 0 saturated heterocycles. The van der Waals surface area contributed by atoms with Crippen molar-refractivity contribution in [3.63, 3.8) is 0 Å². The number of aliphatic imine (C=N–C) groups is 1. The largest absolute Gasteiger partial charge is 0.396 e. The van der Waals surface area contributed by atoms with Crippen LogP contribution in [-0.2, 0) is 4.79 Å². The molecule has 116 valence electrons. The van der Waals surface area contributed by atoms with E-state index in [1.165, 1.54) is 0 Å². The Kier molecular flexibility index (Phi) is 4.75. The monoisotopic (exact) mass is 335 g/mol. The number of ketones is 1. The number of anilines is 1. The number of nitrogens with zero attached hydrogens (tertiary/aromatic N) is 2. The number of rotatable bonds is 6. The normalized spacial score (nSPS) is 17.7. The van der Waals surface area contributed by atoms with Crippen molar-refractivity contribution < 1.29 is 9.90 Å². The van der Waals surface area contributed by atoms with Crippen LogP contribution >= 0.6 is 23.1 Å². The van der Waals surface area contributed by atoms with Crippen molar-refractivity contribution in [3.8, 4) is 0 Å². The van der Waals surface area contributed by atoms with E-state index in [2.05, 4.69) is 21.4 Å². The van der Waals surface area contributed by atoms with Gasteiger partial charge in [0.2, 0.25) is 0 Å². The Morgan fingerprint density at radius 1 is 1.50 bits per heavy atom. The molecule has 0 bridgehead atoms. The molecule has 0 radical (unpaired) electrons. The fourth-order valence-corrected chi connectivity index (χ4v) is 4.33. The van der Waals surface area contributed by atoms with Gasteiger partial charge < -0.3 is 10.4 Å². The van der Waals surface area contributed by atoms with Gasteiger partial charge in [0.15, 0.2) is 5.78 Å². The smallest absolute Gasteiger partial charge is 0.155 e. The second kappa shape index (κ2) is 6.76. The highest BCUT2D eigenvalue weighted by atomic mass is 32.2. The number of carbonyl (C=O) groups is 1. The van der Waals surface area contributed by atoms with E-state index in [9.17, 15) is 4.79 Å². The minimum absolute atomic E-state index is 0.110. The topological polar surface area (TPSA) is 74.6 Å². The number of nitrogens with one attached hydrogen (secondary N) is 1. The lowest BCUT2D eigenvalue weighted by Crippen LogP contribution is -2.14. The van der Waals surface area contributed by atoms with Crippen LogP contribution in [0.25, 0.3) is 10.2 Å². The number of hydrogen-bond donors (Lipinski definition) is 2. The Hall–Kier alpha value is -1.44. The number of benzene rings is 1. The van der Waals surface area contributed by atoms with Crippen molar-refractivity contribution in [3.05, 3.63) is 23.2 Å². The zero-order valence-corrected chi connectivity index (χ0v) is 13.8. The van der Waals surface area contributed by atoms with Gasteiger partial charge in [-0.05, 0) is 31.5 Å². The molecular formula is C15H17N3O2S2. The molecule has 0 amide bonds. The maximum absolute atomic E-state index is 11.4. The summed E-state index contributed by atoms with van der Waals surface area (Å²) in [5, 5.41) is 13.8. The fourth-order valence-electron chi connectivity index (χ4n) is 2.14. The third kappa shape index (κ3) is 3.31. The number of fused-ring (bicyclic) bond motifs is 1. The van der Waals surface area contributed by atoms with E-state index in [1.54, 1.807) is 30.0 Å². The number of thiazole rings is 1. The summed E-state index contributed by atoms with van der Waals surface area (Å²) in [4.78, 5) is 20.5. The third-order valence-corrected chi connectivity index (χ3v) is 5.56. The van der Waals surface area contributed by atoms with Gasteiger partial charge in [-0.15, -0.1) is 23.1 Å². The Bertz CT molecular complexity index is 727. The van der Waals surface area contributed by atoms with Crippen LogP contribution in [0.4, 0.5) is 5.69 Å². The van der Waals surface area contributed by atoms with Crippen molar-refractivity contribution in [2.75, 3.05) is 24.2 Å². The summed E-state index contributed by atoms with van der Waals surface area (Å²) in [5.41, 5.74) is 1.97. The van der Waals surface area contributed by atoms with Crippen molar-refractivity contribution in [1.29, 1.82) is 0 Å². The lowest BCUT2D eigenvalue weighted by Gasteiger charge is -2.04. The lowest BCUT2D eigenvalue weighted by atomic mass is 10.2. The summed E-state index contributed by atoms with van der Waals surface area (Å²) in [5.74, 6) is 0.827. The molecule has 7 heteroatoms. The molecule has 2 aromatic rings. The van der Waals surface area contributed by atoms with Gasteiger partial charge in [-0.2, -0.15) is 0 Å². The van der Waals surface area contributed by atoms with E-state index in [4.69, 9.17) is 5.11 Å². The first-order chi connectivity index (χ1) is 10.7. The highest BCUT2D eigenvalue weighted by Gasteiger charge is 2.24. The Morgan fingerprint density at radius 2 is 2.36 bits per heavy atom. The molecule has 1 aromatic heterocycles. The molecule has 2 N–H and O–H groups in total. The zero-order chi connectivity index (χ0) is 15.5. The second-order valence-corrected chi connectivity index (χ2v) is 7.12. The zero-order valence-electron chi connectivity index (χ0n) is 12.2. The van der Waals surface area contributed by atoms with Gasteiger partial charge in [-0.3, -0.25) is 9.79 Å². The Labute approximate surface area is 136 Å². The highest BCUT2D eigenvalue weighted by Crippen LogP contribution is 2.31. The van der Waals surface area contributed by atoms with Crippen molar-refractivity contribution >= 4 is 49.8 Å². The van der Waals surface area contributed by atoms with Gasteiger partial charge in [0.05, 0.1) is 10.2 Å². The van der Waals surface area contributed by atoms with E-state index in [0.717, 1.165) is 38.9 Å². The maximum Gasteiger partial charge on any atom is 0.155 e. The molecule has 5 nitrogen and oxygen atoms in total. The molecule has 3 rings (SSSR count). The van der Waals surface area contributed by atoms with E-state index in [-0.39, 0.29) is 18.4 Å². The van der Waals surface area contributed by atoms with Gasteiger partial charge in [0.1, 0.15) is 16.1 Å². The molecule has 2 heterocycles. The molecule has 1 aliphatic rings. The molecule has 1 unspecified atom stereocenters. The Balaban J connectivity index is 1.81. The summed E-state index contributed by atoms with van der Waals surface area (Å²) < 4.78 is 1.10. The number of aliphatic hydroxyl groups is 1. The molecule has 22 heavy (non-hydrogen) atoms. The van der Waals surface area contributed by atoms with Gasteiger partial charge >= 0.3 is 0 Å². The lowest BCUT2D eigenvalue weighted by molar-refractivity contribution is -0.117. The molecule has 1 aromatic carbocycles. The van der Waals surface area contributed by atoms with Crippen molar-refractivity contribution in [1.82, 2.24) is 4.98 Å². The molecule has 1 atom stereocenters. The first-order valence-corrected chi connectivity index (χ1v) is 8.94. The van der Waals surface area contributed by atoms with Crippen LogP contribution in [0.15, 0.2) is 23.2 Å². The van der Waals surface area contributed by atoms with E-state index in [0.29, 0.717) is 5.75 Å². The van der Waals surface area contributed by atoms with Crippen LogP contribution in [0, 0.1) is 0 Å². The molecule has 0 spiro atoms. The average molecular weight is 335 g/mol. The van der Waals surface area contributed by atoms with Gasteiger partial charge in [0, 0.05) is 24.6 Å². The standard InChI is InChI=1S/C15H17N3O2S2/c1-9(20)12-8-21-14(18-12)15-17-11-4-3-10(7-13(11)22-15)16-5-2-6-19/h3-4,7,12,16,19H,2,5-6,8H2,1H3. The number of carbonyl (C=O) groups excluding carboxylic acids is 1. The van der Waals surface area contributed by atoms with Crippen LogP contribution < -0.4 is 5.32 Å². The van der Waals surface area contributed by atoms with Gasteiger partial charge in [0.25, 0.3) is 0 Å². The van der Waals surface area contributed by atoms with Gasteiger partial charge in [-0.25, -0.2) is 4.98 Å². The summed E-state index contributed by atoms with van der Waals surface area (Å²) in [6.45, 7) is 2.52. The number of Topliss-reactive ketones (excluding diaryl/α,β-unsaturated/α-hetero) is 1. The number of hydrogen-bond acceptors (Lipinski definition) is 7. The average Bonchev–Trinajstić information content (AvgIpc) is 3.13. The number of aromatic nitrogens is 1.